The van der Waals surface area contributed by atoms with Crippen molar-refractivity contribution in [1.82, 2.24) is 5.32 Å². The Morgan fingerprint density at radius 3 is 2.24 bits per heavy atom. The Kier molecular flexibility index (Phi) is 4.86. The molecule has 1 N–H and O–H groups in total. The first-order valence-corrected chi connectivity index (χ1v) is 7.07. The highest BCUT2D eigenvalue weighted by Crippen LogP contribution is 2.33. The second kappa shape index (κ2) is 6.64. The van der Waals surface area contributed by atoms with Crippen LogP contribution in [-0.4, -0.2) is 21.3 Å². The molecule has 0 aromatic heterocycles. The predicted octanol–water partition coefficient (Wildman–Crippen LogP) is 3.63. The van der Waals surface area contributed by atoms with E-state index in [0.29, 0.717) is 0 Å². The van der Waals surface area contributed by atoms with Gasteiger partial charge in [0.05, 0.1) is 20.3 Å². The average molecular weight is 285 g/mol. The van der Waals surface area contributed by atoms with Crippen LogP contribution < -0.4 is 14.8 Å². The van der Waals surface area contributed by atoms with Gasteiger partial charge in [-0.2, -0.15) is 0 Å². The Labute approximate surface area is 126 Å². The van der Waals surface area contributed by atoms with Crippen LogP contribution in [0.25, 0.3) is 0 Å². The smallest absolute Gasteiger partial charge is 0.161 e. The monoisotopic (exact) mass is 285 g/mol. The van der Waals surface area contributed by atoms with Gasteiger partial charge in [-0.25, -0.2) is 0 Å². The van der Waals surface area contributed by atoms with Crippen molar-refractivity contribution in [1.29, 1.82) is 0 Å². The average Bonchev–Trinajstić information content (AvgIpc) is 2.51. The maximum Gasteiger partial charge on any atom is 0.161 e. The van der Waals surface area contributed by atoms with Crippen LogP contribution in [0.5, 0.6) is 11.5 Å². The van der Waals surface area contributed by atoms with E-state index >= 15 is 0 Å². The van der Waals surface area contributed by atoms with Gasteiger partial charge in [-0.05, 0) is 49.7 Å². The van der Waals surface area contributed by atoms with Crippen molar-refractivity contribution >= 4 is 0 Å². The molecule has 0 spiro atoms. The molecule has 1 atom stereocenters. The van der Waals surface area contributed by atoms with Crippen molar-refractivity contribution in [3.05, 3.63) is 58.7 Å². The number of hydrogen-bond acceptors (Lipinski definition) is 3. The molecule has 0 amide bonds. The van der Waals surface area contributed by atoms with Gasteiger partial charge in [0.2, 0.25) is 0 Å². The fourth-order valence-corrected chi connectivity index (χ4v) is 2.61. The maximum atomic E-state index is 5.41. The van der Waals surface area contributed by atoms with Crippen LogP contribution in [0.15, 0.2) is 36.4 Å². The van der Waals surface area contributed by atoms with E-state index in [-0.39, 0.29) is 6.04 Å². The lowest BCUT2D eigenvalue weighted by atomic mass is 9.93. The Morgan fingerprint density at radius 1 is 0.905 bits per heavy atom. The first-order chi connectivity index (χ1) is 10.1. The lowest BCUT2D eigenvalue weighted by Gasteiger charge is -2.21. The second-order valence-electron chi connectivity index (χ2n) is 5.20. The molecule has 0 saturated carbocycles. The van der Waals surface area contributed by atoms with E-state index in [1.54, 1.807) is 14.2 Å². The van der Waals surface area contributed by atoms with Crippen molar-refractivity contribution < 1.29 is 9.47 Å². The SMILES string of the molecule is CNC(c1ccc(OC)c(OC)c1)c1cc(C)ccc1C. The molecule has 0 heterocycles. The third-order valence-electron chi connectivity index (χ3n) is 3.78. The summed E-state index contributed by atoms with van der Waals surface area (Å²) in [5, 5.41) is 3.40. The zero-order valence-corrected chi connectivity index (χ0v) is 13.4. The highest BCUT2D eigenvalue weighted by Gasteiger charge is 2.16. The summed E-state index contributed by atoms with van der Waals surface area (Å²) in [6, 6.07) is 12.7. The van der Waals surface area contributed by atoms with Gasteiger partial charge in [-0.3, -0.25) is 0 Å². The lowest BCUT2D eigenvalue weighted by molar-refractivity contribution is 0.354. The van der Waals surface area contributed by atoms with Crippen molar-refractivity contribution in [2.24, 2.45) is 0 Å². The summed E-state index contributed by atoms with van der Waals surface area (Å²) in [5.74, 6) is 1.50. The molecule has 0 aliphatic carbocycles. The molecule has 3 heteroatoms. The molecule has 3 nitrogen and oxygen atoms in total. The molecule has 0 fully saturated rings. The summed E-state index contributed by atoms with van der Waals surface area (Å²) in [5.41, 5.74) is 4.97. The van der Waals surface area contributed by atoms with Crippen LogP contribution >= 0.6 is 0 Å². The van der Waals surface area contributed by atoms with Crippen molar-refractivity contribution in [3.63, 3.8) is 0 Å². The summed E-state index contributed by atoms with van der Waals surface area (Å²) in [7, 11) is 5.29. The topological polar surface area (TPSA) is 30.5 Å². The van der Waals surface area contributed by atoms with Gasteiger partial charge >= 0.3 is 0 Å². The van der Waals surface area contributed by atoms with Crippen LogP contribution in [-0.2, 0) is 0 Å². The number of aryl methyl sites for hydroxylation is 2. The molecule has 0 bridgehead atoms. The van der Waals surface area contributed by atoms with E-state index in [4.69, 9.17) is 9.47 Å². The molecule has 0 radical (unpaired) electrons. The fourth-order valence-electron chi connectivity index (χ4n) is 2.61. The second-order valence-corrected chi connectivity index (χ2v) is 5.20. The zero-order valence-electron chi connectivity index (χ0n) is 13.4. The Balaban J connectivity index is 2.48. The molecule has 112 valence electrons. The third-order valence-corrected chi connectivity index (χ3v) is 3.78. The highest BCUT2D eigenvalue weighted by atomic mass is 16.5. The Hall–Kier alpha value is -2.00. The lowest BCUT2D eigenvalue weighted by Crippen LogP contribution is -2.19. The van der Waals surface area contributed by atoms with Crippen LogP contribution in [0.1, 0.15) is 28.3 Å². The van der Waals surface area contributed by atoms with Gasteiger partial charge in [0, 0.05) is 0 Å². The largest absolute Gasteiger partial charge is 0.493 e. The molecule has 0 aliphatic rings. The van der Waals surface area contributed by atoms with E-state index in [0.717, 1.165) is 17.1 Å². The van der Waals surface area contributed by atoms with Gasteiger partial charge in [-0.15, -0.1) is 0 Å². The first-order valence-electron chi connectivity index (χ1n) is 7.07. The molecule has 21 heavy (non-hydrogen) atoms. The van der Waals surface area contributed by atoms with Gasteiger partial charge in [0.1, 0.15) is 0 Å². The van der Waals surface area contributed by atoms with E-state index in [9.17, 15) is 0 Å². The maximum absolute atomic E-state index is 5.41. The standard InChI is InChI=1S/C18H23NO2/c1-12-6-7-13(2)15(10-12)18(19-3)14-8-9-16(20-4)17(11-14)21-5/h6-11,18-19H,1-5H3. The molecule has 2 aromatic rings. The summed E-state index contributed by atoms with van der Waals surface area (Å²) >= 11 is 0. The van der Waals surface area contributed by atoms with Crippen molar-refractivity contribution in [3.8, 4) is 11.5 Å². The molecular formula is C18H23NO2. The fraction of sp³-hybridized carbons (Fsp3) is 0.333. The number of methoxy groups -OCH3 is 2. The predicted molar refractivity (Wildman–Crippen MR) is 86.4 cm³/mol. The minimum Gasteiger partial charge on any atom is -0.493 e. The molecule has 2 aromatic carbocycles. The molecule has 0 aliphatic heterocycles. The van der Waals surface area contributed by atoms with E-state index in [1.807, 2.05) is 19.2 Å². The molecule has 2 rings (SSSR count). The van der Waals surface area contributed by atoms with Crippen LogP contribution in [0.3, 0.4) is 0 Å². The number of hydrogen-bond donors (Lipinski definition) is 1. The van der Waals surface area contributed by atoms with Crippen LogP contribution in [0.2, 0.25) is 0 Å². The summed E-state index contributed by atoms with van der Waals surface area (Å²) in [6.45, 7) is 4.25. The number of benzene rings is 2. The summed E-state index contributed by atoms with van der Waals surface area (Å²) in [4.78, 5) is 0. The highest BCUT2D eigenvalue weighted by molar-refractivity contribution is 5.47. The van der Waals surface area contributed by atoms with Crippen LogP contribution in [0.4, 0.5) is 0 Å². The molecular weight excluding hydrogens is 262 g/mol. The molecule has 0 saturated heterocycles. The van der Waals surface area contributed by atoms with Gasteiger partial charge in [0.15, 0.2) is 11.5 Å². The Morgan fingerprint density at radius 2 is 1.62 bits per heavy atom. The number of nitrogens with one attached hydrogen (secondary N) is 1. The quantitative estimate of drug-likeness (QED) is 0.910. The first kappa shape index (κ1) is 15.4. The third kappa shape index (κ3) is 3.19. The van der Waals surface area contributed by atoms with Gasteiger partial charge < -0.3 is 14.8 Å². The minimum atomic E-state index is 0.129. The minimum absolute atomic E-state index is 0.129. The van der Waals surface area contributed by atoms with Crippen molar-refractivity contribution in [2.75, 3.05) is 21.3 Å². The number of ether oxygens (including phenoxy) is 2. The van der Waals surface area contributed by atoms with Gasteiger partial charge in [0.25, 0.3) is 0 Å². The van der Waals surface area contributed by atoms with Gasteiger partial charge in [-0.1, -0.05) is 29.8 Å². The van der Waals surface area contributed by atoms with Crippen molar-refractivity contribution in [2.45, 2.75) is 19.9 Å². The van der Waals surface area contributed by atoms with E-state index in [1.165, 1.54) is 16.7 Å². The van der Waals surface area contributed by atoms with Crippen LogP contribution in [0, 0.1) is 13.8 Å². The van der Waals surface area contributed by atoms with E-state index in [2.05, 4.69) is 43.4 Å². The zero-order chi connectivity index (χ0) is 15.4. The Bertz CT molecular complexity index is 623. The molecule has 1 unspecified atom stereocenters. The van der Waals surface area contributed by atoms with E-state index < -0.39 is 0 Å². The summed E-state index contributed by atoms with van der Waals surface area (Å²) in [6.07, 6.45) is 0. The normalized spacial score (nSPS) is 12.0. The number of rotatable bonds is 5. The summed E-state index contributed by atoms with van der Waals surface area (Å²) < 4.78 is 10.7.